The van der Waals surface area contributed by atoms with Crippen LogP contribution in [0, 0.1) is 5.92 Å². The smallest absolute Gasteiger partial charge is 0.416 e. The molecule has 1 fully saturated rings. The Morgan fingerprint density at radius 2 is 2.00 bits per heavy atom. The zero-order valence-corrected chi connectivity index (χ0v) is 14.1. The van der Waals surface area contributed by atoms with Crippen LogP contribution in [0.4, 0.5) is 23.7 Å². The summed E-state index contributed by atoms with van der Waals surface area (Å²) in [6.45, 7) is -0.892. The quantitative estimate of drug-likeness (QED) is 0.752. The number of anilines is 1. The fourth-order valence-electron chi connectivity index (χ4n) is 2.44. The molecule has 8 nitrogen and oxygen atoms in total. The Hall–Kier alpha value is -3.11. The third-order valence-electron chi connectivity index (χ3n) is 3.77. The maximum absolute atomic E-state index is 12.8. The SMILES string of the molecule is CNC(=O)NC(=O)COC(=O)[C@@H]1CC(=O)N(c2cccc(C(F)(F)F)c2)C1. The van der Waals surface area contributed by atoms with E-state index in [1.54, 1.807) is 0 Å². The molecule has 1 heterocycles. The summed E-state index contributed by atoms with van der Waals surface area (Å²) in [7, 11) is 1.29. The van der Waals surface area contributed by atoms with E-state index < -0.39 is 48.1 Å². The summed E-state index contributed by atoms with van der Waals surface area (Å²) in [4.78, 5) is 47.5. The lowest BCUT2D eigenvalue weighted by atomic mass is 10.1. The molecule has 0 spiro atoms. The minimum Gasteiger partial charge on any atom is -0.455 e. The van der Waals surface area contributed by atoms with Crippen molar-refractivity contribution in [1.29, 1.82) is 0 Å². The van der Waals surface area contributed by atoms with Crippen LogP contribution >= 0.6 is 0 Å². The summed E-state index contributed by atoms with van der Waals surface area (Å²) in [5.74, 6) is -3.18. The number of carbonyl (C=O) groups excluding carboxylic acids is 4. The molecular formula is C16H16F3N3O5. The number of carbonyl (C=O) groups is 4. The van der Waals surface area contributed by atoms with E-state index in [1.807, 2.05) is 5.32 Å². The van der Waals surface area contributed by atoms with Gasteiger partial charge in [0.05, 0.1) is 11.5 Å². The van der Waals surface area contributed by atoms with Gasteiger partial charge in [-0.25, -0.2) is 4.79 Å². The largest absolute Gasteiger partial charge is 0.455 e. The number of alkyl halides is 3. The van der Waals surface area contributed by atoms with E-state index >= 15 is 0 Å². The van der Waals surface area contributed by atoms with Crippen molar-refractivity contribution in [3.05, 3.63) is 29.8 Å². The number of ether oxygens (including phenoxy) is 1. The highest BCUT2D eigenvalue weighted by molar-refractivity contribution is 6.00. The second-order valence-electron chi connectivity index (χ2n) is 5.69. The molecule has 11 heteroatoms. The number of halogens is 3. The molecule has 1 aromatic carbocycles. The van der Waals surface area contributed by atoms with E-state index in [-0.39, 0.29) is 18.7 Å². The highest BCUT2D eigenvalue weighted by Crippen LogP contribution is 2.33. The van der Waals surface area contributed by atoms with Crippen molar-refractivity contribution in [3.8, 4) is 0 Å². The molecule has 1 saturated heterocycles. The number of nitrogens with zero attached hydrogens (tertiary/aromatic N) is 1. The van der Waals surface area contributed by atoms with E-state index in [4.69, 9.17) is 4.74 Å². The van der Waals surface area contributed by atoms with Crippen molar-refractivity contribution in [2.75, 3.05) is 25.1 Å². The topological polar surface area (TPSA) is 105 Å². The number of imide groups is 1. The molecular weight excluding hydrogens is 371 g/mol. The van der Waals surface area contributed by atoms with Crippen LogP contribution in [0.5, 0.6) is 0 Å². The van der Waals surface area contributed by atoms with Crippen LogP contribution in [-0.4, -0.2) is 44.0 Å². The van der Waals surface area contributed by atoms with E-state index in [0.29, 0.717) is 0 Å². The molecule has 1 aromatic rings. The summed E-state index contributed by atoms with van der Waals surface area (Å²) < 4.78 is 43.2. The molecule has 1 aliphatic heterocycles. The molecule has 4 amide bonds. The molecule has 0 aromatic heterocycles. The predicted octanol–water partition coefficient (Wildman–Crippen LogP) is 1.06. The van der Waals surface area contributed by atoms with Gasteiger partial charge >= 0.3 is 18.2 Å². The molecule has 0 unspecified atom stereocenters. The molecule has 0 bridgehead atoms. The lowest BCUT2D eigenvalue weighted by molar-refractivity contribution is -0.152. The number of hydrogen-bond acceptors (Lipinski definition) is 5. The molecule has 146 valence electrons. The maximum Gasteiger partial charge on any atom is 0.416 e. The van der Waals surface area contributed by atoms with Gasteiger partial charge in [-0.15, -0.1) is 0 Å². The van der Waals surface area contributed by atoms with Gasteiger partial charge in [0.1, 0.15) is 0 Å². The summed E-state index contributed by atoms with van der Waals surface area (Å²) in [5.41, 5.74) is -0.896. The average molecular weight is 387 g/mol. The molecule has 27 heavy (non-hydrogen) atoms. The second-order valence-corrected chi connectivity index (χ2v) is 5.69. The van der Waals surface area contributed by atoms with Crippen molar-refractivity contribution in [1.82, 2.24) is 10.6 Å². The Morgan fingerprint density at radius 1 is 1.30 bits per heavy atom. The molecule has 2 N–H and O–H groups in total. The van der Waals surface area contributed by atoms with Crippen molar-refractivity contribution in [3.63, 3.8) is 0 Å². The highest BCUT2D eigenvalue weighted by Gasteiger charge is 2.37. The Kier molecular flexibility index (Phi) is 6.03. The van der Waals surface area contributed by atoms with Gasteiger partial charge in [-0.3, -0.25) is 19.7 Å². The molecule has 2 rings (SSSR count). The molecule has 1 aliphatic rings. The summed E-state index contributed by atoms with van der Waals surface area (Å²) >= 11 is 0. The fraction of sp³-hybridized carbons (Fsp3) is 0.375. The highest BCUT2D eigenvalue weighted by atomic mass is 19.4. The summed E-state index contributed by atoms with van der Waals surface area (Å²) in [5, 5.41) is 4.03. The monoisotopic (exact) mass is 387 g/mol. The first-order chi connectivity index (χ1) is 12.6. The number of hydrogen-bond donors (Lipinski definition) is 2. The summed E-state index contributed by atoms with van der Waals surface area (Å²) in [6, 6.07) is 3.42. The van der Waals surface area contributed by atoms with Gasteiger partial charge in [0.15, 0.2) is 6.61 Å². The van der Waals surface area contributed by atoms with Crippen LogP contribution in [0.15, 0.2) is 24.3 Å². The first-order valence-corrected chi connectivity index (χ1v) is 7.77. The van der Waals surface area contributed by atoms with Gasteiger partial charge in [0.2, 0.25) is 5.91 Å². The fourth-order valence-corrected chi connectivity index (χ4v) is 2.44. The normalized spacial score (nSPS) is 16.8. The van der Waals surface area contributed by atoms with Gasteiger partial charge in [0.25, 0.3) is 5.91 Å². The first kappa shape index (κ1) is 20.2. The number of nitrogens with one attached hydrogen (secondary N) is 2. The molecule has 0 saturated carbocycles. The van der Waals surface area contributed by atoms with E-state index in [1.165, 1.54) is 19.2 Å². The Morgan fingerprint density at radius 3 is 2.63 bits per heavy atom. The molecule has 1 atom stereocenters. The minimum absolute atomic E-state index is 0.0162. The van der Waals surface area contributed by atoms with E-state index in [9.17, 15) is 32.3 Å². The van der Waals surface area contributed by atoms with Crippen LogP contribution in [-0.2, 0) is 25.3 Å². The zero-order chi connectivity index (χ0) is 20.2. The Bertz CT molecular complexity index is 766. The van der Waals surface area contributed by atoms with Crippen LogP contribution in [0.25, 0.3) is 0 Å². The van der Waals surface area contributed by atoms with Gasteiger partial charge < -0.3 is 15.0 Å². The van der Waals surface area contributed by atoms with Gasteiger partial charge in [0, 0.05) is 25.7 Å². The van der Waals surface area contributed by atoms with Crippen molar-refractivity contribution in [2.24, 2.45) is 5.92 Å². The van der Waals surface area contributed by atoms with Crippen LogP contribution in [0.3, 0.4) is 0 Å². The number of esters is 1. The second kappa shape index (κ2) is 8.06. The Labute approximate surface area is 151 Å². The number of amides is 4. The molecule has 0 aliphatic carbocycles. The third kappa shape index (κ3) is 5.19. The average Bonchev–Trinajstić information content (AvgIpc) is 3.00. The lowest BCUT2D eigenvalue weighted by Gasteiger charge is -2.18. The van der Waals surface area contributed by atoms with Gasteiger partial charge in [-0.2, -0.15) is 13.2 Å². The first-order valence-electron chi connectivity index (χ1n) is 7.77. The zero-order valence-electron chi connectivity index (χ0n) is 14.1. The van der Waals surface area contributed by atoms with E-state index in [0.717, 1.165) is 17.0 Å². The third-order valence-corrected chi connectivity index (χ3v) is 3.77. The number of benzene rings is 1. The maximum atomic E-state index is 12.8. The van der Waals surface area contributed by atoms with Crippen molar-refractivity contribution in [2.45, 2.75) is 12.6 Å². The minimum atomic E-state index is -4.56. The molecule has 0 radical (unpaired) electrons. The predicted molar refractivity (Wildman–Crippen MR) is 85.5 cm³/mol. The summed E-state index contributed by atoms with van der Waals surface area (Å²) in [6.07, 6.45) is -4.82. The van der Waals surface area contributed by atoms with E-state index in [2.05, 4.69) is 5.32 Å². The number of rotatable bonds is 4. The van der Waals surface area contributed by atoms with Gasteiger partial charge in [-0.05, 0) is 18.2 Å². The van der Waals surface area contributed by atoms with Crippen LogP contribution in [0.1, 0.15) is 12.0 Å². The van der Waals surface area contributed by atoms with Crippen molar-refractivity contribution >= 4 is 29.5 Å². The Balaban J connectivity index is 1.98. The van der Waals surface area contributed by atoms with Crippen LogP contribution < -0.4 is 15.5 Å². The van der Waals surface area contributed by atoms with Gasteiger partial charge in [-0.1, -0.05) is 6.07 Å². The number of urea groups is 1. The standard InChI is InChI=1S/C16H16F3N3O5/c1-20-15(26)21-12(23)8-27-14(25)9-5-13(24)22(7-9)11-4-2-3-10(6-11)16(17,18)19/h2-4,6,9H,5,7-8H2,1H3,(H2,20,21,23,26)/t9-/m1/s1. The van der Waals surface area contributed by atoms with Crippen molar-refractivity contribution < 1.29 is 37.1 Å². The lowest BCUT2D eigenvalue weighted by Crippen LogP contribution is -2.40. The van der Waals surface area contributed by atoms with Crippen LogP contribution in [0.2, 0.25) is 0 Å².